The van der Waals surface area contributed by atoms with Crippen LogP contribution in [0.3, 0.4) is 0 Å². The molecule has 0 N–H and O–H groups in total. The number of thiazole rings is 2. The molecular formula is C16H10N2O4S4. The molecule has 0 fully saturated rings. The molecule has 6 nitrogen and oxygen atoms in total. The van der Waals surface area contributed by atoms with Gasteiger partial charge in [-0.25, -0.2) is 9.97 Å². The molecule has 4 aromatic heterocycles. The maximum atomic E-state index is 5.77. The van der Waals surface area contributed by atoms with Crippen molar-refractivity contribution in [1.29, 1.82) is 0 Å². The zero-order valence-electron chi connectivity index (χ0n) is 13.1. The lowest BCUT2D eigenvalue weighted by molar-refractivity contribution is 0.174. The number of aromatic nitrogens is 2. The lowest BCUT2D eigenvalue weighted by atomic mass is 10.4. The molecule has 0 atom stereocenters. The van der Waals surface area contributed by atoms with Crippen molar-refractivity contribution in [3.63, 3.8) is 0 Å². The van der Waals surface area contributed by atoms with Crippen molar-refractivity contribution in [3.05, 3.63) is 10.8 Å². The monoisotopic (exact) mass is 422 g/mol. The fourth-order valence-corrected chi connectivity index (χ4v) is 6.94. The first-order valence-corrected chi connectivity index (χ1v) is 11.3. The van der Waals surface area contributed by atoms with Crippen molar-refractivity contribution in [3.8, 4) is 42.8 Å². The van der Waals surface area contributed by atoms with Crippen LogP contribution in [0, 0.1) is 0 Å². The average Bonchev–Trinajstić information content (AvgIpc) is 3.41. The molecule has 4 aromatic rings. The summed E-state index contributed by atoms with van der Waals surface area (Å²) >= 11 is 6.35. The lowest BCUT2D eigenvalue weighted by Crippen LogP contribution is -2.14. The standard InChI is InChI=1S/C16H10N2O4S4/c1-3-21-9-7(19-1)5-23-11(9)13-17-15-16(25-13)18-14(26-15)12-10-8(6-24-12)20-2-4-22-10/h5-6H,1-4H2. The molecule has 0 aromatic carbocycles. The molecule has 2 aliphatic rings. The normalized spacial score (nSPS) is 15.5. The Bertz CT molecular complexity index is 1010. The van der Waals surface area contributed by atoms with E-state index in [9.17, 15) is 0 Å². The Labute approximate surface area is 163 Å². The summed E-state index contributed by atoms with van der Waals surface area (Å²) in [4.78, 5) is 13.5. The molecule has 132 valence electrons. The average molecular weight is 423 g/mol. The summed E-state index contributed by atoms with van der Waals surface area (Å²) in [6.07, 6.45) is 0. The van der Waals surface area contributed by atoms with Crippen LogP contribution in [0.1, 0.15) is 0 Å². The highest BCUT2D eigenvalue weighted by Crippen LogP contribution is 2.50. The third kappa shape index (κ3) is 2.26. The summed E-state index contributed by atoms with van der Waals surface area (Å²) in [6, 6.07) is 0. The quantitative estimate of drug-likeness (QED) is 0.464. The van der Waals surface area contributed by atoms with Gasteiger partial charge in [-0.1, -0.05) is 22.7 Å². The van der Waals surface area contributed by atoms with E-state index in [1.807, 2.05) is 10.8 Å². The van der Waals surface area contributed by atoms with Crippen molar-refractivity contribution in [2.45, 2.75) is 0 Å². The fourth-order valence-electron chi connectivity index (χ4n) is 2.86. The van der Waals surface area contributed by atoms with Gasteiger partial charge in [0.25, 0.3) is 0 Å². The minimum atomic E-state index is 0.574. The molecule has 0 spiro atoms. The molecule has 6 heterocycles. The maximum Gasteiger partial charge on any atom is 0.182 e. The molecule has 6 rings (SSSR count). The van der Waals surface area contributed by atoms with Gasteiger partial charge in [0, 0.05) is 10.8 Å². The second kappa shape index (κ2) is 5.81. The molecule has 0 bridgehead atoms. The van der Waals surface area contributed by atoms with Gasteiger partial charge < -0.3 is 18.9 Å². The summed E-state index contributed by atoms with van der Waals surface area (Å²) < 4.78 is 22.8. The molecular weight excluding hydrogens is 412 g/mol. The van der Waals surface area contributed by atoms with Crippen LogP contribution in [-0.2, 0) is 0 Å². The van der Waals surface area contributed by atoms with E-state index in [0.717, 1.165) is 52.4 Å². The van der Waals surface area contributed by atoms with Crippen molar-refractivity contribution in [1.82, 2.24) is 9.97 Å². The number of nitrogens with zero attached hydrogens (tertiary/aromatic N) is 2. The van der Waals surface area contributed by atoms with Crippen molar-refractivity contribution in [2.24, 2.45) is 0 Å². The molecule has 0 saturated carbocycles. The molecule has 10 heteroatoms. The Morgan fingerprint density at radius 2 is 1.12 bits per heavy atom. The van der Waals surface area contributed by atoms with Crippen LogP contribution in [0.15, 0.2) is 10.8 Å². The summed E-state index contributed by atoms with van der Waals surface area (Å²) in [5, 5.41) is 5.81. The first-order valence-electron chi connectivity index (χ1n) is 7.89. The van der Waals surface area contributed by atoms with Crippen molar-refractivity contribution in [2.75, 3.05) is 26.4 Å². The number of rotatable bonds is 2. The van der Waals surface area contributed by atoms with E-state index in [-0.39, 0.29) is 0 Å². The highest BCUT2D eigenvalue weighted by molar-refractivity contribution is 7.31. The highest BCUT2D eigenvalue weighted by Gasteiger charge is 2.25. The summed E-state index contributed by atoms with van der Waals surface area (Å²) in [5.41, 5.74) is 0. The van der Waals surface area contributed by atoms with E-state index in [2.05, 4.69) is 0 Å². The van der Waals surface area contributed by atoms with E-state index in [1.165, 1.54) is 0 Å². The number of thiophene rings is 2. The first kappa shape index (κ1) is 15.2. The summed E-state index contributed by atoms with van der Waals surface area (Å²) in [6.45, 7) is 2.34. The minimum absolute atomic E-state index is 0.574. The van der Waals surface area contributed by atoms with Gasteiger partial charge in [-0.3, -0.25) is 0 Å². The Balaban J connectivity index is 1.40. The van der Waals surface area contributed by atoms with Crippen LogP contribution in [0.4, 0.5) is 0 Å². The van der Waals surface area contributed by atoms with Crippen molar-refractivity contribution < 1.29 is 18.9 Å². The minimum Gasteiger partial charge on any atom is -0.485 e. The number of hydrogen-bond donors (Lipinski definition) is 0. The fraction of sp³-hybridized carbons (Fsp3) is 0.250. The van der Waals surface area contributed by atoms with Gasteiger partial charge in [0.1, 0.15) is 46.2 Å². The molecule has 0 aliphatic carbocycles. The van der Waals surface area contributed by atoms with Gasteiger partial charge in [0.05, 0.1) is 0 Å². The Morgan fingerprint density at radius 3 is 1.62 bits per heavy atom. The van der Waals surface area contributed by atoms with Crippen LogP contribution in [-0.4, -0.2) is 36.4 Å². The largest absolute Gasteiger partial charge is 0.485 e. The number of fused-ring (bicyclic) bond motifs is 3. The van der Waals surface area contributed by atoms with Crippen LogP contribution in [0.2, 0.25) is 0 Å². The Kier molecular flexibility index (Phi) is 3.40. The maximum absolute atomic E-state index is 5.77. The number of ether oxygens (including phenoxy) is 4. The van der Waals surface area contributed by atoms with Gasteiger partial charge in [-0.15, -0.1) is 22.7 Å². The topological polar surface area (TPSA) is 62.7 Å². The van der Waals surface area contributed by atoms with E-state index in [1.54, 1.807) is 45.3 Å². The smallest absolute Gasteiger partial charge is 0.182 e. The molecule has 0 unspecified atom stereocenters. The molecule has 0 saturated heterocycles. The van der Waals surface area contributed by atoms with Crippen LogP contribution >= 0.6 is 45.3 Å². The van der Waals surface area contributed by atoms with Crippen LogP contribution in [0.5, 0.6) is 23.0 Å². The predicted molar refractivity (Wildman–Crippen MR) is 104 cm³/mol. The van der Waals surface area contributed by atoms with Crippen molar-refractivity contribution >= 4 is 55.0 Å². The summed E-state index contributed by atoms with van der Waals surface area (Å²) in [7, 11) is 0. The van der Waals surface area contributed by atoms with Crippen LogP contribution < -0.4 is 18.9 Å². The summed E-state index contributed by atoms with van der Waals surface area (Å²) in [5.74, 6) is 3.23. The molecule has 26 heavy (non-hydrogen) atoms. The molecule has 2 aliphatic heterocycles. The third-order valence-corrected chi connectivity index (χ3v) is 8.18. The Hall–Kier alpha value is -1.88. The third-order valence-electron chi connectivity index (χ3n) is 3.97. The van der Waals surface area contributed by atoms with Gasteiger partial charge in [0.2, 0.25) is 0 Å². The van der Waals surface area contributed by atoms with Gasteiger partial charge in [0.15, 0.2) is 32.7 Å². The van der Waals surface area contributed by atoms with E-state index in [4.69, 9.17) is 28.9 Å². The zero-order chi connectivity index (χ0) is 17.1. The highest BCUT2D eigenvalue weighted by atomic mass is 32.1. The van der Waals surface area contributed by atoms with Gasteiger partial charge in [-0.2, -0.15) is 0 Å². The predicted octanol–water partition coefficient (Wildman–Crippen LogP) is 4.75. The SMILES string of the molecule is c1sc(-c2nc3sc(-c4scc5c4OCCO5)nc3s2)c2c1OCCO2. The van der Waals surface area contributed by atoms with E-state index < -0.39 is 0 Å². The number of hydrogen-bond acceptors (Lipinski definition) is 10. The molecule has 0 radical (unpaired) electrons. The molecule has 0 amide bonds. The van der Waals surface area contributed by atoms with E-state index >= 15 is 0 Å². The second-order valence-corrected chi connectivity index (χ2v) is 9.27. The lowest BCUT2D eigenvalue weighted by Gasteiger charge is -2.15. The zero-order valence-corrected chi connectivity index (χ0v) is 16.4. The van der Waals surface area contributed by atoms with E-state index in [0.29, 0.717) is 26.4 Å². The second-order valence-electron chi connectivity index (χ2n) is 5.56. The Morgan fingerprint density at radius 1 is 0.654 bits per heavy atom. The van der Waals surface area contributed by atoms with Crippen LogP contribution in [0.25, 0.3) is 29.4 Å². The first-order chi connectivity index (χ1) is 12.9. The van der Waals surface area contributed by atoms with Gasteiger partial charge in [-0.05, 0) is 0 Å². The van der Waals surface area contributed by atoms with Gasteiger partial charge >= 0.3 is 0 Å².